The second-order valence-corrected chi connectivity index (χ2v) is 5.04. The van der Waals surface area contributed by atoms with Crippen molar-refractivity contribution in [2.45, 2.75) is 20.0 Å². The highest BCUT2D eigenvalue weighted by Crippen LogP contribution is 2.24. The van der Waals surface area contributed by atoms with Crippen molar-refractivity contribution in [3.05, 3.63) is 54.3 Å². The number of ether oxygens (including phenoxy) is 1. The highest BCUT2D eigenvalue weighted by molar-refractivity contribution is 5.94. The van der Waals surface area contributed by atoms with Gasteiger partial charge in [0.15, 0.2) is 0 Å². The van der Waals surface area contributed by atoms with Gasteiger partial charge in [0.2, 0.25) is 5.91 Å². The Morgan fingerprint density at radius 2 is 1.73 bits per heavy atom. The minimum atomic E-state index is -0.459. The summed E-state index contributed by atoms with van der Waals surface area (Å²) in [4.78, 5) is 11.9. The van der Waals surface area contributed by atoms with Crippen molar-refractivity contribution in [1.82, 2.24) is 0 Å². The summed E-state index contributed by atoms with van der Waals surface area (Å²) in [6, 6.07) is 13.4. The van der Waals surface area contributed by atoms with Crippen LogP contribution in [0.3, 0.4) is 0 Å². The second kappa shape index (κ2) is 7.45. The summed E-state index contributed by atoms with van der Waals surface area (Å²) in [5, 5.41) is 5.52. The van der Waals surface area contributed by atoms with Crippen LogP contribution in [0.25, 0.3) is 0 Å². The minimum Gasteiger partial charge on any atom is -0.489 e. The van der Waals surface area contributed by atoms with Gasteiger partial charge in [0.05, 0.1) is 24.0 Å². The normalized spacial score (nSPS) is 10.4. The van der Waals surface area contributed by atoms with Crippen molar-refractivity contribution in [2.24, 2.45) is 0 Å². The molecular weight excluding hydrogens is 283 g/mol. The SMILES string of the molecule is CC(C)Oc1ccccc1NCC(=O)Nc1ccccc1F. The van der Waals surface area contributed by atoms with Crippen LogP contribution < -0.4 is 15.4 Å². The number of rotatable bonds is 6. The topological polar surface area (TPSA) is 50.4 Å². The van der Waals surface area contributed by atoms with Gasteiger partial charge in [-0.2, -0.15) is 0 Å². The second-order valence-electron chi connectivity index (χ2n) is 5.04. The molecule has 2 aromatic carbocycles. The summed E-state index contributed by atoms with van der Waals surface area (Å²) in [7, 11) is 0. The average Bonchev–Trinajstić information content (AvgIpc) is 2.48. The van der Waals surface area contributed by atoms with E-state index in [0.29, 0.717) is 5.75 Å². The summed E-state index contributed by atoms with van der Waals surface area (Å²) >= 11 is 0. The fourth-order valence-electron chi connectivity index (χ4n) is 1.90. The Balaban J connectivity index is 1.95. The molecule has 2 aromatic rings. The largest absolute Gasteiger partial charge is 0.489 e. The summed E-state index contributed by atoms with van der Waals surface area (Å²) in [6.45, 7) is 3.89. The van der Waals surface area contributed by atoms with Gasteiger partial charge in [-0.3, -0.25) is 4.79 Å². The lowest BCUT2D eigenvalue weighted by molar-refractivity contribution is -0.114. The molecule has 22 heavy (non-hydrogen) atoms. The number of amides is 1. The fourth-order valence-corrected chi connectivity index (χ4v) is 1.90. The maximum Gasteiger partial charge on any atom is 0.243 e. The van der Waals surface area contributed by atoms with E-state index >= 15 is 0 Å². The number of halogens is 1. The van der Waals surface area contributed by atoms with Crippen LogP contribution in [0.15, 0.2) is 48.5 Å². The number of hydrogen-bond acceptors (Lipinski definition) is 3. The molecule has 5 heteroatoms. The van der Waals surface area contributed by atoms with Gasteiger partial charge in [-0.1, -0.05) is 24.3 Å². The number of nitrogens with one attached hydrogen (secondary N) is 2. The number of carbonyl (C=O) groups excluding carboxylic acids is 1. The standard InChI is InChI=1S/C17H19FN2O2/c1-12(2)22-16-10-6-5-9-15(16)19-11-17(21)20-14-8-4-3-7-13(14)18/h3-10,12,19H,11H2,1-2H3,(H,20,21). The van der Waals surface area contributed by atoms with Crippen LogP contribution in [-0.4, -0.2) is 18.6 Å². The zero-order valence-corrected chi connectivity index (χ0v) is 12.6. The molecule has 0 saturated heterocycles. The summed E-state index contributed by atoms with van der Waals surface area (Å²) in [5.41, 5.74) is 0.890. The Hall–Kier alpha value is -2.56. The monoisotopic (exact) mass is 302 g/mol. The van der Waals surface area contributed by atoms with Gasteiger partial charge in [0.1, 0.15) is 11.6 Å². The van der Waals surface area contributed by atoms with Crippen LogP contribution in [0.4, 0.5) is 15.8 Å². The quantitative estimate of drug-likeness (QED) is 0.856. The van der Waals surface area contributed by atoms with Gasteiger partial charge >= 0.3 is 0 Å². The highest BCUT2D eigenvalue weighted by atomic mass is 19.1. The minimum absolute atomic E-state index is 0.0206. The Labute approximate surface area is 129 Å². The third-order valence-corrected chi connectivity index (χ3v) is 2.84. The zero-order valence-electron chi connectivity index (χ0n) is 12.6. The molecule has 0 saturated carbocycles. The molecule has 1 amide bonds. The molecular formula is C17H19FN2O2. The van der Waals surface area contributed by atoms with E-state index in [-0.39, 0.29) is 24.2 Å². The molecule has 0 aliphatic carbocycles. The molecule has 0 aromatic heterocycles. The Morgan fingerprint density at radius 1 is 1.09 bits per heavy atom. The molecule has 0 atom stereocenters. The first-order valence-corrected chi connectivity index (χ1v) is 7.10. The maximum atomic E-state index is 13.5. The number of anilines is 2. The van der Waals surface area contributed by atoms with Crippen LogP contribution in [0.5, 0.6) is 5.75 Å². The van der Waals surface area contributed by atoms with Crippen LogP contribution in [-0.2, 0) is 4.79 Å². The van der Waals surface area contributed by atoms with Crippen molar-refractivity contribution in [3.63, 3.8) is 0 Å². The summed E-state index contributed by atoms with van der Waals surface area (Å²) < 4.78 is 19.1. The molecule has 0 fully saturated rings. The predicted octanol–water partition coefficient (Wildman–Crippen LogP) is 3.66. The number of hydrogen-bond donors (Lipinski definition) is 2. The molecule has 116 valence electrons. The molecule has 0 aliphatic heterocycles. The lowest BCUT2D eigenvalue weighted by atomic mass is 10.2. The summed E-state index contributed by atoms with van der Waals surface area (Å²) in [6.07, 6.45) is 0.0372. The van der Waals surface area contributed by atoms with E-state index < -0.39 is 5.82 Å². The maximum absolute atomic E-state index is 13.5. The first-order valence-electron chi connectivity index (χ1n) is 7.10. The van der Waals surface area contributed by atoms with Gasteiger partial charge in [-0.25, -0.2) is 4.39 Å². The van der Waals surface area contributed by atoms with E-state index in [1.54, 1.807) is 12.1 Å². The van der Waals surface area contributed by atoms with Crippen LogP contribution in [0.2, 0.25) is 0 Å². The lowest BCUT2D eigenvalue weighted by Crippen LogP contribution is -2.22. The fraction of sp³-hybridized carbons (Fsp3) is 0.235. The van der Waals surface area contributed by atoms with E-state index in [1.165, 1.54) is 12.1 Å². The van der Waals surface area contributed by atoms with Gasteiger partial charge in [0.25, 0.3) is 0 Å². The van der Waals surface area contributed by atoms with Crippen LogP contribution >= 0.6 is 0 Å². The van der Waals surface area contributed by atoms with E-state index in [0.717, 1.165) is 5.69 Å². The van der Waals surface area contributed by atoms with Gasteiger partial charge in [-0.15, -0.1) is 0 Å². The van der Waals surface area contributed by atoms with Crippen molar-refractivity contribution in [3.8, 4) is 5.75 Å². The van der Waals surface area contributed by atoms with Crippen molar-refractivity contribution < 1.29 is 13.9 Å². The molecule has 0 heterocycles. The van der Waals surface area contributed by atoms with Crippen molar-refractivity contribution in [2.75, 3.05) is 17.2 Å². The Kier molecular flexibility index (Phi) is 5.36. The average molecular weight is 302 g/mol. The molecule has 0 unspecified atom stereocenters. The van der Waals surface area contributed by atoms with Gasteiger partial charge < -0.3 is 15.4 Å². The van der Waals surface area contributed by atoms with Crippen LogP contribution in [0, 0.1) is 5.82 Å². The van der Waals surface area contributed by atoms with Crippen molar-refractivity contribution >= 4 is 17.3 Å². The van der Waals surface area contributed by atoms with E-state index in [4.69, 9.17) is 4.74 Å². The molecule has 2 N–H and O–H groups in total. The number of para-hydroxylation sites is 3. The summed E-state index contributed by atoms with van der Waals surface area (Å²) in [5.74, 6) is -0.111. The van der Waals surface area contributed by atoms with Gasteiger partial charge in [-0.05, 0) is 38.1 Å². The van der Waals surface area contributed by atoms with E-state index in [1.807, 2.05) is 38.1 Å². The van der Waals surface area contributed by atoms with E-state index in [9.17, 15) is 9.18 Å². The molecule has 0 aliphatic rings. The van der Waals surface area contributed by atoms with Crippen molar-refractivity contribution in [1.29, 1.82) is 0 Å². The van der Waals surface area contributed by atoms with E-state index in [2.05, 4.69) is 10.6 Å². The smallest absolute Gasteiger partial charge is 0.243 e. The number of carbonyl (C=O) groups is 1. The third kappa shape index (κ3) is 4.48. The van der Waals surface area contributed by atoms with Crippen LogP contribution in [0.1, 0.15) is 13.8 Å². The zero-order chi connectivity index (χ0) is 15.9. The molecule has 4 nitrogen and oxygen atoms in total. The Bertz CT molecular complexity index is 644. The third-order valence-electron chi connectivity index (χ3n) is 2.84. The molecule has 0 bridgehead atoms. The first-order chi connectivity index (χ1) is 10.6. The molecule has 0 radical (unpaired) electrons. The predicted molar refractivity (Wildman–Crippen MR) is 85.7 cm³/mol. The first kappa shape index (κ1) is 15.8. The molecule has 0 spiro atoms. The van der Waals surface area contributed by atoms with Gasteiger partial charge in [0, 0.05) is 0 Å². The number of benzene rings is 2. The highest BCUT2D eigenvalue weighted by Gasteiger charge is 2.08. The molecule has 2 rings (SSSR count). The lowest BCUT2D eigenvalue weighted by Gasteiger charge is -2.15. The Morgan fingerprint density at radius 3 is 2.41 bits per heavy atom.